The van der Waals surface area contributed by atoms with Gasteiger partial charge in [-0.2, -0.15) is 0 Å². The molecule has 0 bridgehead atoms. The quantitative estimate of drug-likeness (QED) is 0.551. The van der Waals surface area contributed by atoms with Gasteiger partial charge in [-0.25, -0.2) is 4.98 Å². The van der Waals surface area contributed by atoms with Crippen LogP contribution in [0.1, 0.15) is 11.1 Å². The third-order valence-electron chi connectivity index (χ3n) is 4.32. The highest BCUT2D eigenvalue weighted by Crippen LogP contribution is 2.25. The molecule has 24 heavy (non-hydrogen) atoms. The summed E-state index contributed by atoms with van der Waals surface area (Å²) >= 11 is 0. The van der Waals surface area contributed by atoms with E-state index < -0.39 is 0 Å². The Balaban J connectivity index is 1.66. The number of rotatable bonds is 3. The van der Waals surface area contributed by atoms with Crippen molar-refractivity contribution in [2.45, 2.75) is 13.8 Å². The summed E-state index contributed by atoms with van der Waals surface area (Å²) in [5, 5.41) is 3.48. The number of anilines is 2. The third-order valence-corrected chi connectivity index (χ3v) is 4.32. The zero-order valence-electron chi connectivity index (χ0n) is 13.8. The molecule has 118 valence electrons. The SMILES string of the molecule is Cc1ccc(Nc2cccc(-c3cn4ccccc4n3)c2)cc1C. The maximum Gasteiger partial charge on any atom is 0.137 e. The Morgan fingerprint density at radius 1 is 0.833 bits per heavy atom. The zero-order valence-corrected chi connectivity index (χ0v) is 13.8. The molecule has 0 saturated heterocycles. The van der Waals surface area contributed by atoms with E-state index in [1.807, 2.05) is 28.8 Å². The average molecular weight is 313 g/mol. The molecule has 0 amide bonds. The number of hydrogen-bond acceptors (Lipinski definition) is 2. The van der Waals surface area contributed by atoms with Gasteiger partial charge in [0.25, 0.3) is 0 Å². The van der Waals surface area contributed by atoms with E-state index in [-0.39, 0.29) is 0 Å². The molecule has 0 unspecified atom stereocenters. The number of fused-ring (bicyclic) bond motifs is 1. The Hall–Kier alpha value is -3.07. The summed E-state index contributed by atoms with van der Waals surface area (Å²) in [6.45, 7) is 4.26. The van der Waals surface area contributed by atoms with E-state index in [9.17, 15) is 0 Å². The van der Waals surface area contributed by atoms with Crippen LogP contribution in [0.3, 0.4) is 0 Å². The lowest BCUT2D eigenvalue weighted by molar-refractivity contribution is 1.19. The van der Waals surface area contributed by atoms with Crippen LogP contribution in [0.2, 0.25) is 0 Å². The summed E-state index contributed by atoms with van der Waals surface area (Å²) < 4.78 is 2.04. The number of hydrogen-bond donors (Lipinski definition) is 1. The van der Waals surface area contributed by atoms with Crippen molar-refractivity contribution in [2.75, 3.05) is 5.32 Å². The van der Waals surface area contributed by atoms with Crippen molar-refractivity contribution < 1.29 is 0 Å². The first-order valence-corrected chi connectivity index (χ1v) is 8.07. The van der Waals surface area contributed by atoms with Gasteiger partial charge in [0.2, 0.25) is 0 Å². The van der Waals surface area contributed by atoms with Gasteiger partial charge in [0.1, 0.15) is 5.65 Å². The van der Waals surface area contributed by atoms with Crippen LogP contribution in [0.15, 0.2) is 73.1 Å². The van der Waals surface area contributed by atoms with Gasteiger partial charge in [-0.05, 0) is 61.4 Å². The highest BCUT2D eigenvalue weighted by molar-refractivity contribution is 5.70. The minimum atomic E-state index is 0.958. The maximum absolute atomic E-state index is 4.69. The van der Waals surface area contributed by atoms with Crippen LogP contribution in [-0.2, 0) is 0 Å². The van der Waals surface area contributed by atoms with E-state index in [2.05, 4.69) is 67.8 Å². The first kappa shape index (κ1) is 14.5. The summed E-state index contributed by atoms with van der Waals surface area (Å²) in [4.78, 5) is 4.69. The van der Waals surface area contributed by atoms with Crippen molar-refractivity contribution in [3.8, 4) is 11.3 Å². The molecule has 2 aromatic carbocycles. The second kappa shape index (κ2) is 5.85. The summed E-state index contributed by atoms with van der Waals surface area (Å²) in [6.07, 6.45) is 4.08. The molecule has 0 aliphatic carbocycles. The molecule has 2 heterocycles. The highest BCUT2D eigenvalue weighted by atomic mass is 15.0. The molecule has 4 aromatic rings. The predicted molar refractivity (Wildman–Crippen MR) is 99.8 cm³/mol. The van der Waals surface area contributed by atoms with Gasteiger partial charge in [-0.3, -0.25) is 0 Å². The van der Waals surface area contributed by atoms with Gasteiger partial charge in [-0.15, -0.1) is 0 Å². The summed E-state index contributed by atoms with van der Waals surface area (Å²) in [7, 11) is 0. The number of pyridine rings is 1. The molecule has 0 fully saturated rings. The van der Waals surface area contributed by atoms with E-state index in [4.69, 9.17) is 4.98 Å². The fraction of sp³-hybridized carbons (Fsp3) is 0.0952. The van der Waals surface area contributed by atoms with Gasteiger partial charge < -0.3 is 9.72 Å². The Morgan fingerprint density at radius 3 is 2.54 bits per heavy atom. The van der Waals surface area contributed by atoms with Crippen LogP contribution in [0, 0.1) is 13.8 Å². The molecule has 0 spiro atoms. The van der Waals surface area contributed by atoms with Gasteiger partial charge in [-0.1, -0.05) is 24.3 Å². The monoisotopic (exact) mass is 313 g/mol. The first-order valence-electron chi connectivity index (χ1n) is 8.07. The van der Waals surface area contributed by atoms with Crippen LogP contribution in [-0.4, -0.2) is 9.38 Å². The van der Waals surface area contributed by atoms with Crippen molar-refractivity contribution in [1.82, 2.24) is 9.38 Å². The van der Waals surface area contributed by atoms with E-state index in [1.165, 1.54) is 11.1 Å². The average Bonchev–Trinajstić information content (AvgIpc) is 3.03. The Labute approximate surface area is 141 Å². The molecule has 1 N–H and O–H groups in total. The number of aromatic nitrogens is 2. The van der Waals surface area contributed by atoms with Gasteiger partial charge in [0.15, 0.2) is 0 Å². The van der Waals surface area contributed by atoms with E-state index in [0.717, 1.165) is 28.3 Å². The van der Waals surface area contributed by atoms with Crippen molar-refractivity contribution in [1.29, 1.82) is 0 Å². The number of aryl methyl sites for hydroxylation is 2. The standard InChI is InChI=1S/C21H19N3/c1-15-9-10-19(12-16(15)2)22-18-7-5-6-17(13-18)20-14-24-11-4-3-8-21(24)23-20/h3-14,22H,1-2H3. The lowest BCUT2D eigenvalue weighted by Crippen LogP contribution is -1.92. The van der Waals surface area contributed by atoms with E-state index in [0.29, 0.717) is 0 Å². The Morgan fingerprint density at radius 2 is 1.71 bits per heavy atom. The Bertz CT molecular complexity index is 981. The van der Waals surface area contributed by atoms with E-state index >= 15 is 0 Å². The molecule has 4 rings (SSSR count). The second-order valence-corrected chi connectivity index (χ2v) is 6.10. The molecule has 0 aliphatic heterocycles. The largest absolute Gasteiger partial charge is 0.356 e. The highest BCUT2D eigenvalue weighted by Gasteiger charge is 2.05. The topological polar surface area (TPSA) is 29.3 Å². The van der Waals surface area contributed by atoms with Crippen molar-refractivity contribution >= 4 is 17.0 Å². The number of benzene rings is 2. The van der Waals surface area contributed by atoms with Crippen LogP contribution in [0.5, 0.6) is 0 Å². The van der Waals surface area contributed by atoms with Gasteiger partial charge >= 0.3 is 0 Å². The van der Waals surface area contributed by atoms with Crippen LogP contribution >= 0.6 is 0 Å². The van der Waals surface area contributed by atoms with Gasteiger partial charge in [0, 0.05) is 29.3 Å². The molecule has 0 aliphatic rings. The maximum atomic E-state index is 4.69. The molecular weight excluding hydrogens is 294 g/mol. The van der Waals surface area contributed by atoms with Crippen molar-refractivity contribution in [3.63, 3.8) is 0 Å². The first-order chi connectivity index (χ1) is 11.7. The minimum absolute atomic E-state index is 0.958. The molecule has 0 saturated carbocycles. The fourth-order valence-corrected chi connectivity index (χ4v) is 2.82. The smallest absolute Gasteiger partial charge is 0.137 e. The third kappa shape index (κ3) is 2.76. The van der Waals surface area contributed by atoms with Crippen molar-refractivity contribution in [3.05, 3.63) is 84.2 Å². The number of nitrogens with zero attached hydrogens (tertiary/aromatic N) is 2. The molecule has 0 atom stereocenters. The predicted octanol–water partition coefficient (Wildman–Crippen LogP) is 5.36. The summed E-state index contributed by atoms with van der Waals surface area (Å²) in [5.74, 6) is 0. The normalized spacial score (nSPS) is 10.9. The molecular formula is C21H19N3. The lowest BCUT2D eigenvalue weighted by atomic mass is 10.1. The number of nitrogens with one attached hydrogen (secondary N) is 1. The number of imidazole rings is 1. The van der Waals surface area contributed by atoms with E-state index in [1.54, 1.807) is 0 Å². The van der Waals surface area contributed by atoms with Crippen LogP contribution in [0.25, 0.3) is 16.9 Å². The Kier molecular flexibility index (Phi) is 3.54. The second-order valence-electron chi connectivity index (χ2n) is 6.10. The van der Waals surface area contributed by atoms with Crippen LogP contribution in [0.4, 0.5) is 11.4 Å². The summed E-state index contributed by atoms with van der Waals surface area (Å²) in [6, 6.07) is 20.8. The van der Waals surface area contributed by atoms with Crippen molar-refractivity contribution in [2.24, 2.45) is 0 Å². The molecule has 3 heteroatoms. The molecule has 2 aromatic heterocycles. The van der Waals surface area contributed by atoms with Gasteiger partial charge in [0.05, 0.1) is 5.69 Å². The zero-order chi connectivity index (χ0) is 16.5. The molecule has 0 radical (unpaired) electrons. The fourth-order valence-electron chi connectivity index (χ4n) is 2.82. The van der Waals surface area contributed by atoms with Crippen LogP contribution < -0.4 is 5.32 Å². The minimum Gasteiger partial charge on any atom is -0.356 e. The lowest BCUT2D eigenvalue weighted by Gasteiger charge is -2.09. The summed E-state index contributed by atoms with van der Waals surface area (Å²) in [5.41, 5.74) is 7.80. The molecule has 3 nitrogen and oxygen atoms in total.